The van der Waals surface area contributed by atoms with Gasteiger partial charge in [0, 0.05) is 17.0 Å². The number of phenols is 1. The van der Waals surface area contributed by atoms with Crippen molar-refractivity contribution >= 4 is 11.0 Å². The maximum Gasteiger partial charge on any atom is 0.416 e. The number of hydrogen-bond donors (Lipinski definition) is 2. The van der Waals surface area contributed by atoms with Crippen LogP contribution in [-0.4, -0.2) is 23.8 Å². The van der Waals surface area contributed by atoms with Crippen LogP contribution in [-0.2, 0) is 19.0 Å². The van der Waals surface area contributed by atoms with Gasteiger partial charge in [0.15, 0.2) is 0 Å². The maximum absolute atomic E-state index is 13.4. The van der Waals surface area contributed by atoms with E-state index in [-0.39, 0.29) is 29.4 Å². The lowest BCUT2D eigenvalue weighted by Gasteiger charge is -2.21. The van der Waals surface area contributed by atoms with E-state index in [9.17, 15) is 23.1 Å². The number of aromatic hydroxyl groups is 1. The minimum Gasteiger partial charge on any atom is -0.508 e. The Hall–Kier alpha value is -4.04. The molecule has 0 saturated carbocycles. The third kappa shape index (κ3) is 5.63. The van der Waals surface area contributed by atoms with Gasteiger partial charge in [0.25, 0.3) is 0 Å². The lowest BCUT2D eigenvalue weighted by molar-refractivity contribution is -0.137. The molecule has 1 fully saturated rings. The molecule has 8 heteroatoms. The van der Waals surface area contributed by atoms with E-state index in [1.807, 2.05) is 31.2 Å². The molecule has 0 amide bonds. The van der Waals surface area contributed by atoms with Crippen LogP contribution >= 0.6 is 0 Å². The summed E-state index contributed by atoms with van der Waals surface area (Å²) in [7, 11) is 0. The van der Waals surface area contributed by atoms with Gasteiger partial charge in [-0.2, -0.15) is 13.2 Å². The first-order valence-corrected chi connectivity index (χ1v) is 13.2. The first kappa shape index (κ1) is 27.5. The van der Waals surface area contributed by atoms with Gasteiger partial charge < -0.3 is 19.6 Å². The summed E-state index contributed by atoms with van der Waals surface area (Å²) in [6, 6.07) is 15.5. The van der Waals surface area contributed by atoms with Crippen molar-refractivity contribution in [3.8, 4) is 22.6 Å². The molecule has 2 N–H and O–H groups in total. The minimum atomic E-state index is -4.50. The molecule has 40 heavy (non-hydrogen) atoms. The summed E-state index contributed by atoms with van der Waals surface area (Å²) >= 11 is 0. The summed E-state index contributed by atoms with van der Waals surface area (Å²) in [6.45, 7) is 6.76. The second-order valence-corrected chi connectivity index (χ2v) is 10.1. The fraction of sp³-hybridized carbons (Fsp3) is 0.281. The lowest BCUT2D eigenvalue weighted by Crippen LogP contribution is -2.36. The van der Waals surface area contributed by atoms with Crippen LogP contribution in [0.15, 0.2) is 82.5 Å². The Bertz CT molecular complexity index is 1570. The number of hydrogen-bond acceptors (Lipinski definition) is 5. The number of nitrogens with one attached hydrogen (secondary N) is 1. The molecule has 0 spiro atoms. The highest BCUT2D eigenvalue weighted by Crippen LogP contribution is 2.36. The zero-order chi connectivity index (χ0) is 28.4. The van der Waals surface area contributed by atoms with Crippen molar-refractivity contribution in [2.45, 2.75) is 50.9 Å². The average molecular weight is 550 g/mol. The van der Waals surface area contributed by atoms with E-state index < -0.39 is 17.4 Å². The van der Waals surface area contributed by atoms with Crippen molar-refractivity contribution in [1.29, 1.82) is 0 Å². The van der Waals surface area contributed by atoms with Crippen molar-refractivity contribution in [2.75, 3.05) is 6.54 Å². The fourth-order valence-corrected chi connectivity index (χ4v) is 5.32. The number of phenolic OH excluding ortho intramolecular Hbond substituents is 1. The molecule has 2 unspecified atom stereocenters. The van der Waals surface area contributed by atoms with Gasteiger partial charge in [0.2, 0.25) is 0 Å². The predicted molar refractivity (Wildman–Crippen MR) is 149 cm³/mol. The number of benzene rings is 3. The second-order valence-electron chi connectivity index (χ2n) is 10.1. The molecule has 1 aromatic heterocycles. The number of alkyl halides is 3. The van der Waals surface area contributed by atoms with Gasteiger partial charge in [0.1, 0.15) is 23.2 Å². The van der Waals surface area contributed by atoms with Crippen LogP contribution in [0, 0.1) is 0 Å². The smallest absolute Gasteiger partial charge is 0.416 e. The van der Waals surface area contributed by atoms with Crippen molar-refractivity contribution in [2.24, 2.45) is 0 Å². The Morgan fingerprint density at radius 2 is 1.82 bits per heavy atom. The summed E-state index contributed by atoms with van der Waals surface area (Å²) in [5.41, 5.74) is 1.10. The Kier molecular flexibility index (Phi) is 7.72. The first-order chi connectivity index (χ1) is 19.2. The molecule has 0 aliphatic carbocycles. The zero-order valence-electron chi connectivity index (χ0n) is 22.1. The number of halogens is 3. The molecule has 0 radical (unpaired) electrons. The highest BCUT2D eigenvalue weighted by atomic mass is 19.4. The zero-order valence-corrected chi connectivity index (χ0v) is 22.1. The van der Waals surface area contributed by atoms with E-state index >= 15 is 0 Å². The second kappa shape index (κ2) is 11.2. The Morgan fingerprint density at radius 1 is 1.10 bits per heavy atom. The third-order valence-corrected chi connectivity index (χ3v) is 7.40. The number of rotatable bonds is 8. The topological polar surface area (TPSA) is 71.7 Å². The van der Waals surface area contributed by atoms with Gasteiger partial charge in [-0.25, -0.2) is 4.79 Å². The maximum atomic E-state index is 13.4. The van der Waals surface area contributed by atoms with Crippen molar-refractivity contribution in [3.05, 3.63) is 106 Å². The number of fused-ring (bicyclic) bond motifs is 1. The van der Waals surface area contributed by atoms with Crippen molar-refractivity contribution < 1.29 is 27.4 Å². The van der Waals surface area contributed by atoms with Gasteiger partial charge in [0.05, 0.1) is 11.1 Å². The molecular formula is C32H30F3NO4. The van der Waals surface area contributed by atoms with Crippen LogP contribution in [0.4, 0.5) is 13.2 Å². The molecular weight excluding hydrogens is 519 g/mol. The summed E-state index contributed by atoms with van der Waals surface area (Å²) in [5.74, 6) is 0.694. The summed E-state index contributed by atoms with van der Waals surface area (Å²) in [6.07, 6.45) is -0.121. The molecule has 0 bridgehead atoms. The van der Waals surface area contributed by atoms with E-state index in [1.165, 1.54) is 18.2 Å². The predicted octanol–water partition coefficient (Wildman–Crippen LogP) is 7.02. The number of allylic oxidation sites excluding steroid dienone is 1. The van der Waals surface area contributed by atoms with Crippen LogP contribution in [0.3, 0.4) is 0 Å². The molecule has 5 rings (SSSR count). The molecule has 2 heterocycles. The van der Waals surface area contributed by atoms with Gasteiger partial charge in [-0.1, -0.05) is 30.3 Å². The summed E-state index contributed by atoms with van der Waals surface area (Å²) in [5, 5.41) is 14.5. The fourth-order valence-electron chi connectivity index (χ4n) is 5.32. The first-order valence-electron chi connectivity index (χ1n) is 13.2. The monoisotopic (exact) mass is 549 g/mol. The third-order valence-electron chi connectivity index (χ3n) is 7.40. The van der Waals surface area contributed by atoms with Gasteiger partial charge in [-0.3, -0.25) is 0 Å². The normalized spacial score (nSPS) is 16.2. The molecule has 1 aliphatic rings. The van der Waals surface area contributed by atoms with E-state index in [4.69, 9.17) is 9.15 Å². The van der Waals surface area contributed by atoms with Crippen molar-refractivity contribution in [1.82, 2.24) is 5.32 Å². The van der Waals surface area contributed by atoms with E-state index in [0.29, 0.717) is 34.5 Å². The van der Waals surface area contributed by atoms with Crippen molar-refractivity contribution in [3.63, 3.8) is 0 Å². The SMILES string of the molecule is C=CCc1c(O)ccc2c(Cc3ccc(OC(C)C4CCCN4)cc3)c(-c3ccc(C(F)(F)F)cc3)c(=O)oc12. The van der Waals surface area contributed by atoms with Crippen LogP contribution < -0.4 is 15.7 Å². The van der Waals surface area contributed by atoms with Crippen LogP contribution in [0.25, 0.3) is 22.1 Å². The largest absolute Gasteiger partial charge is 0.508 e. The Balaban J connectivity index is 1.57. The van der Waals surface area contributed by atoms with Gasteiger partial charge >= 0.3 is 11.8 Å². The molecule has 2 atom stereocenters. The minimum absolute atomic E-state index is 0.0123. The average Bonchev–Trinajstić information content (AvgIpc) is 3.47. The highest BCUT2D eigenvalue weighted by molar-refractivity contribution is 5.90. The van der Waals surface area contributed by atoms with Crippen LogP contribution in [0.2, 0.25) is 0 Å². The van der Waals surface area contributed by atoms with E-state index in [1.54, 1.807) is 12.1 Å². The van der Waals surface area contributed by atoms with Gasteiger partial charge in [-0.05, 0) is 92.2 Å². The standard InChI is InChI=1S/C32H30F3NO4/c1-3-5-25-28(37)16-15-24-26(18-20-7-13-23(14-8-20)39-19(2)27-6-4-17-36-27)29(31(38)40-30(24)25)21-9-11-22(12-10-21)32(33,34)35/h3,7-16,19,27,36-37H,1,4-6,17-18H2,2H3. The Labute approximate surface area is 229 Å². The molecule has 1 aliphatic heterocycles. The van der Waals surface area contributed by atoms with E-state index in [0.717, 1.165) is 42.8 Å². The quantitative estimate of drug-likeness (QED) is 0.183. The highest BCUT2D eigenvalue weighted by Gasteiger charge is 2.30. The van der Waals surface area contributed by atoms with E-state index in [2.05, 4.69) is 11.9 Å². The van der Waals surface area contributed by atoms with Gasteiger partial charge in [-0.15, -0.1) is 6.58 Å². The number of ether oxygens (including phenoxy) is 1. The lowest BCUT2D eigenvalue weighted by atomic mass is 9.91. The summed E-state index contributed by atoms with van der Waals surface area (Å²) < 4.78 is 51.4. The molecule has 3 aromatic carbocycles. The molecule has 208 valence electrons. The molecule has 4 aromatic rings. The van der Waals surface area contributed by atoms with Crippen LogP contribution in [0.5, 0.6) is 11.5 Å². The van der Waals surface area contributed by atoms with Crippen LogP contribution in [0.1, 0.15) is 42.0 Å². The summed E-state index contributed by atoms with van der Waals surface area (Å²) in [4.78, 5) is 13.4. The molecule has 1 saturated heterocycles. The molecule has 5 nitrogen and oxygen atoms in total. The Morgan fingerprint density at radius 3 is 2.45 bits per heavy atom.